The molecule has 2 amide bonds. The minimum absolute atomic E-state index is 0.0138. The Labute approximate surface area is 145 Å². The molecule has 0 fully saturated rings. The van der Waals surface area contributed by atoms with E-state index in [1.807, 2.05) is 13.2 Å². The van der Waals surface area contributed by atoms with Gasteiger partial charge in [0, 0.05) is 23.7 Å². The van der Waals surface area contributed by atoms with Gasteiger partial charge in [0.2, 0.25) is 0 Å². The van der Waals surface area contributed by atoms with E-state index in [1.165, 1.54) is 34.7 Å². The number of aromatic nitrogens is 3. The summed E-state index contributed by atoms with van der Waals surface area (Å²) in [5, 5.41) is 11.3. The van der Waals surface area contributed by atoms with Crippen LogP contribution in [0, 0.1) is 0 Å². The molecule has 2 aliphatic carbocycles. The summed E-state index contributed by atoms with van der Waals surface area (Å²) in [7, 11) is 1.85. The number of carbonyl (C=O) groups is 1. The molecule has 1 atom stereocenters. The van der Waals surface area contributed by atoms with E-state index >= 15 is 0 Å². The summed E-state index contributed by atoms with van der Waals surface area (Å²) < 4.78 is 0. The molecule has 0 aliphatic heterocycles. The van der Waals surface area contributed by atoms with Crippen LogP contribution in [0.15, 0.2) is 6.20 Å². The second kappa shape index (κ2) is 6.55. The van der Waals surface area contributed by atoms with Crippen molar-refractivity contribution in [2.45, 2.75) is 57.5 Å². The van der Waals surface area contributed by atoms with Gasteiger partial charge < -0.3 is 10.2 Å². The molecule has 0 saturated heterocycles. The SMILES string of the molecule is CN(Cc1nc2c(s1)CCCC2)C(=O)NC1CCc2[nH]ncc2C1. The highest BCUT2D eigenvalue weighted by Gasteiger charge is 2.23. The van der Waals surface area contributed by atoms with Gasteiger partial charge in [-0.1, -0.05) is 0 Å². The van der Waals surface area contributed by atoms with E-state index < -0.39 is 0 Å². The molecular formula is C17H23N5OS. The predicted octanol–water partition coefficient (Wildman–Crippen LogP) is 2.44. The molecule has 7 heteroatoms. The average Bonchev–Trinajstić information content (AvgIpc) is 3.19. The zero-order valence-corrected chi connectivity index (χ0v) is 14.8. The van der Waals surface area contributed by atoms with Gasteiger partial charge in [-0.3, -0.25) is 5.10 Å². The zero-order chi connectivity index (χ0) is 16.5. The van der Waals surface area contributed by atoms with Crippen LogP contribution in [0.2, 0.25) is 0 Å². The van der Waals surface area contributed by atoms with Gasteiger partial charge >= 0.3 is 6.03 Å². The summed E-state index contributed by atoms with van der Waals surface area (Å²) in [6.07, 6.45) is 9.39. The number of H-pyrrole nitrogens is 1. The Morgan fingerprint density at radius 1 is 1.42 bits per heavy atom. The predicted molar refractivity (Wildman–Crippen MR) is 93.2 cm³/mol. The highest BCUT2D eigenvalue weighted by molar-refractivity contribution is 7.11. The summed E-state index contributed by atoms with van der Waals surface area (Å²) in [5.41, 5.74) is 3.69. The molecule has 0 saturated carbocycles. The van der Waals surface area contributed by atoms with Crippen molar-refractivity contribution in [3.8, 4) is 0 Å². The number of aromatic amines is 1. The average molecular weight is 345 g/mol. The van der Waals surface area contributed by atoms with Gasteiger partial charge in [-0.15, -0.1) is 11.3 Å². The van der Waals surface area contributed by atoms with E-state index in [0.29, 0.717) is 6.54 Å². The lowest BCUT2D eigenvalue weighted by Crippen LogP contribution is -2.44. The number of nitrogens with one attached hydrogen (secondary N) is 2. The summed E-state index contributed by atoms with van der Waals surface area (Å²) in [6.45, 7) is 0.590. The summed E-state index contributed by atoms with van der Waals surface area (Å²) in [4.78, 5) is 20.4. The maximum atomic E-state index is 12.5. The lowest BCUT2D eigenvalue weighted by atomic mass is 9.94. The Balaban J connectivity index is 1.34. The second-order valence-corrected chi connectivity index (χ2v) is 7.97. The Morgan fingerprint density at radius 3 is 3.17 bits per heavy atom. The van der Waals surface area contributed by atoms with Crippen LogP contribution in [0.25, 0.3) is 0 Å². The molecule has 0 bridgehead atoms. The minimum Gasteiger partial charge on any atom is -0.335 e. The van der Waals surface area contributed by atoms with Gasteiger partial charge in [0.25, 0.3) is 0 Å². The highest BCUT2D eigenvalue weighted by Crippen LogP contribution is 2.27. The molecule has 6 nitrogen and oxygen atoms in total. The van der Waals surface area contributed by atoms with E-state index in [1.54, 1.807) is 16.2 Å². The fourth-order valence-electron chi connectivity index (χ4n) is 3.57. The van der Waals surface area contributed by atoms with E-state index in [4.69, 9.17) is 4.98 Å². The molecule has 2 aromatic rings. The van der Waals surface area contributed by atoms with Gasteiger partial charge in [0.05, 0.1) is 18.4 Å². The Kier molecular flexibility index (Phi) is 4.26. The number of rotatable bonds is 3. The number of carbonyl (C=O) groups excluding carboxylic acids is 1. The number of hydrogen-bond acceptors (Lipinski definition) is 4. The molecule has 2 N–H and O–H groups in total. The number of urea groups is 1. The lowest BCUT2D eigenvalue weighted by Gasteiger charge is -2.25. The van der Waals surface area contributed by atoms with E-state index in [2.05, 4.69) is 15.5 Å². The first-order chi connectivity index (χ1) is 11.7. The van der Waals surface area contributed by atoms with Crippen LogP contribution in [0.1, 0.15) is 46.1 Å². The number of amides is 2. The molecule has 2 aliphatic rings. The van der Waals surface area contributed by atoms with Gasteiger partial charge in [-0.25, -0.2) is 9.78 Å². The first kappa shape index (κ1) is 15.6. The highest BCUT2D eigenvalue weighted by atomic mass is 32.1. The topological polar surface area (TPSA) is 73.9 Å². The maximum Gasteiger partial charge on any atom is 0.317 e. The number of thiazole rings is 1. The number of hydrogen-bond donors (Lipinski definition) is 2. The standard InChI is InChI=1S/C17H23N5OS/c1-22(10-16-20-14-4-2-3-5-15(14)24-16)17(23)19-12-6-7-13-11(8-12)9-18-21-13/h9,12H,2-8,10H2,1H3,(H,18,21)(H,19,23). The lowest BCUT2D eigenvalue weighted by molar-refractivity contribution is 0.201. The van der Waals surface area contributed by atoms with Crippen LogP contribution in [0.4, 0.5) is 4.79 Å². The van der Waals surface area contributed by atoms with Crippen molar-refractivity contribution in [1.29, 1.82) is 0 Å². The van der Waals surface area contributed by atoms with Gasteiger partial charge in [0.1, 0.15) is 5.01 Å². The maximum absolute atomic E-state index is 12.5. The minimum atomic E-state index is -0.0138. The third-order valence-corrected chi connectivity index (χ3v) is 6.10. The Hall–Kier alpha value is -1.89. The Bertz CT molecular complexity index is 714. The summed E-state index contributed by atoms with van der Waals surface area (Å²) in [5.74, 6) is 0. The van der Waals surface area contributed by atoms with E-state index in [9.17, 15) is 4.79 Å². The molecular weight excluding hydrogens is 322 g/mol. The number of fused-ring (bicyclic) bond motifs is 2. The molecule has 1 unspecified atom stereocenters. The molecule has 24 heavy (non-hydrogen) atoms. The zero-order valence-electron chi connectivity index (χ0n) is 14.0. The third-order valence-electron chi connectivity index (χ3n) is 4.95. The number of aryl methyl sites for hydroxylation is 3. The van der Waals surface area contributed by atoms with Crippen molar-refractivity contribution in [3.05, 3.63) is 33.0 Å². The van der Waals surface area contributed by atoms with Gasteiger partial charge in [-0.05, 0) is 50.5 Å². The van der Waals surface area contributed by atoms with Crippen molar-refractivity contribution >= 4 is 17.4 Å². The monoisotopic (exact) mass is 345 g/mol. The van der Waals surface area contributed by atoms with Crippen LogP contribution >= 0.6 is 11.3 Å². The first-order valence-corrected chi connectivity index (χ1v) is 9.51. The van der Waals surface area contributed by atoms with Gasteiger partial charge in [0.15, 0.2) is 0 Å². The summed E-state index contributed by atoms with van der Waals surface area (Å²) in [6, 6.07) is 0.176. The van der Waals surface area contributed by atoms with Crippen LogP contribution in [-0.4, -0.2) is 39.2 Å². The Morgan fingerprint density at radius 2 is 2.29 bits per heavy atom. The number of nitrogens with zero attached hydrogens (tertiary/aromatic N) is 3. The van der Waals surface area contributed by atoms with E-state index in [0.717, 1.165) is 37.1 Å². The first-order valence-electron chi connectivity index (χ1n) is 8.69. The van der Waals surface area contributed by atoms with E-state index in [-0.39, 0.29) is 12.1 Å². The van der Waals surface area contributed by atoms with Crippen molar-refractivity contribution in [2.75, 3.05) is 7.05 Å². The second-order valence-electron chi connectivity index (χ2n) is 6.80. The molecule has 4 rings (SSSR count). The smallest absolute Gasteiger partial charge is 0.317 e. The third kappa shape index (κ3) is 3.17. The van der Waals surface area contributed by atoms with Crippen LogP contribution in [0.3, 0.4) is 0 Å². The van der Waals surface area contributed by atoms with Crippen molar-refractivity contribution in [2.24, 2.45) is 0 Å². The van der Waals surface area contributed by atoms with Crippen molar-refractivity contribution < 1.29 is 4.79 Å². The molecule has 0 radical (unpaired) electrons. The van der Waals surface area contributed by atoms with Crippen LogP contribution in [0.5, 0.6) is 0 Å². The molecule has 0 aromatic carbocycles. The normalized spacial score (nSPS) is 19.5. The molecule has 2 heterocycles. The quantitative estimate of drug-likeness (QED) is 0.897. The summed E-state index contributed by atoms with van der Waals surface area (Å²) >= 11 is 1.77. The van der Waals surface area contributed by atoms with Gasteiger partial charge in [-0.2, -0.15) is 5.10 Å². The molecule has 0 spiro atoms. The fraction of sp³-hybridized carbons (Fsp3) is 0.588. The van der Waals surface area contributed by atoms with Crippen molar-refractivity contribution in [3.63, 3.8) is 0 Å². The van der Waals surface area contributed by atoms with Crippen LogP contribution < -0.4 is 5.32 Å². The fourth-order valence-corrected chi connectivity index (χ4v) is 4.78. The largest absolute Gasteiger partial charge is 0.335 e. The van der Waals surface area contributed by atoms with Crippen molar-refractivity contribution in [1.82, 2.24) is 25.4 Å². The van der Waals surface area contributed by atoms with Crippen LogP contribution in [-0.2, 0) is 32.2 Å². The molecule has 2 aromatic heterocycles. The molecule has 128 valence electrons.